The van der Waals surface area contributed by atoms with Gasteiger partial charge in [0.2, 0.25) is 11.7 Å². The molecule has 170 valence electrons. The van der Waals surface area contributed by atoms with Gasteiger partial charge in [-0.15, -0.1) is 0 Å². The van der Waals surface area contributed by atoms with Crippen molar-refractivity contribution in [1.82, 2.24) is 0 Å². The maximum atomic E-state index is 13.7. The molecule has 6 nitrogen and oxygen atoms in total. The third kappa shape index (κ3) is 3.91. The molecule has 0 atom stereocenters. The molecule has 5 aromatic rings. The zero-order valence-corrected chi connectivity index (χ0v) is 18.6. The Morgan fingerprint density at radius 2 is 1.85 bits per heavy atom. The van der Waals surface area contributed by atoms with E-state index in [1.807, 2.05) is 0 Å². The van der Waals surface area contributed by atoms with E-state index in [0.717, 1.165) is 0 Å². The highest BCUT2D eigenvalue weighted by molar-refractivity contribution is 6.32. The van der Waals surface area contributed by atoms with Gasteiger partial charge in [0.05, 0.1) is 30.5 Å². The predicted octanol–water partition coefficient (Wildman–Crippen LogP) is 6.39. The predicted molar refractivity (Wildman–Crippen MR) is 126 cm³/mol. The molecule has 0 aliphatic rings. The van der Waals surface area contributed by atoms with Crippen LogP contribution in [0.5, 0.6) is 5.75 Å². The van der Waals surface area contributed by atoms with Crippen molar-refractivity contribution in [1.29, 1.82) is 0 Å². The van der Waals surface area contributed by atoms with E-state index in [1.165, 1.54) is 37.6 Å². The number of nitrogens with one attached hydrogen (secondary N) is 1. The Hall–Kier alpha value is -4.10. The molecule has 0 unspecified atom stereocenters. The third-order valence-corrected chi connectivity index (χ3v) is 5.74. The molecule has 2 aromatic heterocycles. The Morgan fingerprint density at radius 1 is 1.03 bits per heavy atom. The van der Waals surface area contributed by atoms with Gasteiger partial charge >= 0.3 is 0 Å². The molecule has 0 radical (unpaired) electrons. The molecule has 34 heavy (non-hydrogen) atoms. The molecule has 0 fully saturated rings. The van der Waals surface area contributed by atoms with Gasteiger partial charge in [0, 0.05) is 21.9 Å². The number of methoxy groups -OCH3 is 1. The number of ketones is 1. The van der Waals surface area contributed by atoms with Gasteiger partial charge in [0.1, 0.15) is 22.7 Å². The SMILES string of the molecule is COc1ccc(C(=O)c2oc3ccccc3c2NC(=O)Cc2coc3ccc(F)cc23)cc1Cl. The maximum absolute atomic E-state index is 13.7. The van der Waals surface area contributed by atoms with Crippen molar-refractivity contribution in [3.8, 4) is 5.75 Å². The van der Waals surface area contributed by atoms with Crippen molar-refractivity contribution >= 4 is 50.9 Å². The maximum Gasteiger partial charge on any atom is 0.230 e. The van der Waals surface area contributed by atoms with E-state index in [-0.39, 0.29) is 28.5 Å². The van der Waals surface area contributed by atoms with Gasteiger partial charge in [-0.3, -0.25) is 9.59 Å². The lowest BCUT2D eigenvalue weighted by Crippen LogP contribution is -2.16. The van der Waals surface area contributed by atoms with Crippen LogP contribution in [0.1, 0.15) is 21.7 Å². The van der Waals surface area contributed by atoms with Gasteiger partial charge in [-0.2, -0.15) is 0 Å². The van der Waals surface area contributed by atoms with Crippen molar-refractivity contribution in [2.24, 2.45) is 0 Å². The first kappa shape index (κ1) is 21.7. The largest absolute Gasteiger partial charge is 0.495 e. The highest BCUT2D eigenvalue weighted by atomic mass is 35.5. The lowest BCUT2D eigenvalue weighted by Gasteiger charge is -2.07. The summed E-state index contributed by atoms with van der Waals surface area (Å²) in [6.07, 6.45) is 1.33. The molecule has 3 aromatic carbocycles. The number of amides is 1. The van der Waals surface area contributed by atoms with Gasteiger partial charge in [-0.05, 0) is 48.5 Å². The first-order valence-corrected chi connectivity index (χ1v) is 10.7. The Balaban J connectivity index is 1.49. The van der Waals surface area contributed by atoms with Crippen LogP contribution in [-0.4, -0.2) is 18.8 Å². The van der Waals surface area contributed by atoms with E-state index in [1.54, 1.807) is 36.4 Å². The summed E-state index contributed by atoms with van der Waals surface area (Å²) >= 11 is 6.19. The zero-order chi connectivity index (χ0) is 23.8. The summed E-state index contributed by atoms with van der Waals surface area (Å²) in [5, 5.41) is 4.15. The van der Waals surface area contributed by atoms with Gasteiger partial charge in [0.15, 0.2) is 5.76 Å². The standard InChI is InChI=1S/C26H17ClFNO5/c1-32-22-8-6-14(10-19(22)27)25(31)26-24(17-4-2-3-5-21(17)34-26)29-23(30)11-15-13-33-20-9-7-16(28)12-18(15)20/h2-10,12-13H,11H2,1H3,(H,29,30). The van der Waals surface area contributed by atoms with Gasteiger partial charge < -0.3 is 18.9 Å². The Kier molecular flexibility index (Phi) is 5.55. The number of halogens is 2. The Morgan fingerprint density at radius 3 is 2.65 bits per heavy atom. The summed E-state index contributed by atoms with van der Waals surface area (Å²) in [4.78, 5) is 26.3. The van der Waals surface area contributed by atoms with E-state index >= 15 is 0 Å². The zero-order valence-electron chi connectivity index (χ0n) is 17.9. The van der Waals surface area contributed by atoms with Crippen LogP contribution >= 0.6 is 11.6 Å². The van der Waals surface area contributed by atoms with Gasteiger partial charge in [-0.1, -0.05) is 23.7 Å². The molecular formula is C26H17ClFNO5. The number of fused-ring (bicyclic) bond motifs is 2. The van der Waals surface area contributed by atoms with Crippen molar-refractivity contribution in [3.05, 3.63) is 94.7 Å². The first-order chi connectivity index (χ1) is 16.4. The molecule has 0 spiro atoms. The number of carbonyl (C=O) groups is 2. The fraction of sp³-hybridized carbons (Fsp3) is 0.0769. The lowest BCUT2D eigenvalue weighted by atomic mass is 10.1. The van der Waals surface area contributed by atoms with E-state index in [2.05, 4.69) is 5.32 Å². The fourth-order valence-corrected chi connectivity index (χ4v) is 4.07. The fourth-order valence-electron chi connectivity index (χ4n) is 3.82. The monoisotopic (exact) mass is 477 g/mol. The number of furan rings is 2. The molecule has 5 rings (SSSR count). The number of ether oxygens (including phenoxy) is 1. The van der Waals surface area contributed by atoms with E-state index < -0.39 is 17.5 Å². The van der Waals surface area contributed by atoms with Crippen molar-refractivity contribution < 1.29 is 27.6 Å². The summed E-state index contributed by atoms with van der Waals surface area (Å²) in [5.74, 6) is -0.895. The normalized spacial score (nSPS) is 11.1. The average Bonchev–Trinajstić information content (AvgIpc) is 3.39. The summed E-state index contributed by atoms with van der Waals surface area (Å²) in [6.45, 7) is 0. The molecule has 0 saturated heterocycles. The number of carbonyl (C=O) groups excluding carboxylic acids is 2. The second-order valence-electron chi connectivity index (χ2n) is 7.61. The van der Waals surface area contributed by atoms with Crippen LogP contribution in [0.25, 0.3) is 21.9 Å². The molecule has 0 aliphatic carbocycles. The second kappa shape index (κ2) is 8.68. The lowest BCUT2D eigenvalue weighted by molar-refractivity contribution is -0.115. The number of para-hydroxylation sites is 1. The van der Waals surface area contributed by atoms with Crippen molar-refractivity contribution in [2.75, 3.05) is 12.4 Å². The number of anilines is 1. The molecule has 8 heteroatoms. The highest BCUT2D eigenvalue weighted by Crippen LogP contribution is 2.34. The molecule has 0 aliphatic heterocycles. The summed E-state index contributed by atoms with van der Waals surface area (Å²) < 4.78 is 30.1. The average molecular weight is 478 g/mol. The smallest absolute Gasteiger partial charge is 0.230 e. The molecule has 1 amide bonds. The van der Waals surface area contributed by atoms with E-state index in [4.69, 9.17) is 25.2 Å². The van der Waals surface area contributed by atoms with E-state index in [9.17, 15) is 14.0 Å². The minimum Gasteiger partial charge on any atom is -0.495 e. The quantitative estimate of drug-likeness (QED) is 0.286. The van der Waals surface area contributed by atoms with Crippen LogP contribution in [0.15, 0.2) is 75.8 Å². The number of hydrogen-bond donors (Lipinski definition) is 1. The Labute approximate surface area is 197 Å². The molecule has 0 bridgehead atoms. The number of hydrogen-bond acceptors (Lipinski definition) is 5. The van der Waals surface area contributed by atoms with Crippen LogP contribution < -0.4 is 10.1 Å². The topological polar surface area (TPSA) is 81.7 Å². The molecule has 1 N–H and O–H groups in total. The summed E-state index contributed by atoms with van der Waals surface area (Å²) in [7, 11) is 1.48. The van der Waals surface area contributed by atoms with Crippen LogP contribution in [0.3, 0.4) is 0 Å². The minimum absolute atomic E-state index is 0.0288. The number of benzene rings is 3. The van der Waals surface area contributed by atoms with Crippen molar-refractivity contribution in [3.63, 3.8) is 0 Å². The minimum atomic E-state index is -0.452. The second-order valence-corrected chi connectivity index (χ2v) is 8.01. The Bertz CT molecular complexity index is 1570. The molecular weight excluding hydrogens is 461 g/mol. The van der Waals surface area contributed by atoms with Crippen LogP contribution in [0, 0.1) is 5.82 Å². The van der Waals surface area contributed by atoms with Gasteiger partial charge in [0.25, 0.3) is 0 Å². The highest BCUT2D eigenvalue weighted by Gasteiger charge is 2.24. The molecule has 0 saturated carbocycles. The summed E-state index contributed by atoms with van der Waals surface area (Å²) in [6, 6.07) is 15.7. The summed E-state index contributed by atoms with van der Waals surface area (Å²) in [5.41, 5.74) is 1.96. The number of rotatable bonds is 6. The van der Waals surface area contributed by atoms with E-state index in [0.29, 0.717) is 33.3 Å². The molecule has 2 heterocycles. The van der Waals surface area contributed by atoms with Crippen molar-refractivity contribution in [2.45, 2.75) is 6.42 Å². The van der Waals surface area contributed by atoms with Crippen LogP contribution in [-0.2, 0) is 11.2 Å². The van der Waals surface area contributed by atoms with Crippen LogP contribution in [0.4, 0.5) is 10.1 Å². The first-order valence-electron chi connectivity index (χ1n) is 10.3. The van der Waals surface area contributed by atoms with Crippen LogP contribution in [0.2, 0.25) is 5.02 Å². The van der Waals surface area contributed by atoms with Gasteiger partial charge in [-0.25, -0.2) is 4.39 Å². The third-order valence-electron chi connectivity index (χ3n) is 5.45.